The Balaban J connectivity index is 1.59. The van der Waals surface area contributed by atoms with Crippen molar-refractivity contribution >= 4 is 5.82 Å². The van der Waals surface area contributed by atoms with Gasteiger partial charge in [-0.05, 0) is 37.7 Å². The summed E-state index contributed by atoms with van der Waals surface area (Å²) in [6.07, 6.45) is 1.89. The number of piperazine rings is 1. The molecule has 0 atom stereocenters. The van der Waals surface area contributed by atoms with Crippen LogP contribution in [0.2, 0.25) is 0 Å². The monoisotopic (exact) mass is 340 g/mol. The van der Waals surface area contributed by atoms with Gasteiger partial charge in [-0.25, -0.2) is 4.98 Å². The molecule has 3 rings (SSSR count). The Morgan fingerprint density at radius 3 is 2.72 bits per heavy atom. The van der Waals surface area contributed by atoms with Crippen molar-refractivity contribution in [2.75, 3.05) is 44.7 Å². The van der Waals surface area contributed by atoms with Gasteiger partial charge in [-0.1, -0.05) is 18.2 Å². The van der Waals surface area contributed by atoms with Crippen LogP contribution in [0.5, 0.6) is 5.75 Å². The number of anilines is 1. The molecule has 1 aromatic carbocycles. The van der Waals surface area contributed by atoms with E-state index in [1.54, 1.807) is 0 Å². The van der Waals surface area contributed by atoms with Gasteiger partial charge in [0.2, 0.25) is 0 Å². The summed E-state index contributed by atoms with van der Waals surface area (Å²) in [4.78, 5) is 9.40. The van der Waals surface area contributed by atoms with Crippen molar-refractivity contribution < 1.29 is 4.74 Å². The Labute approximate surface area is 150 Å². The second kappa shape index (κ2) is 8.83. The van der Waals surface area contributed by atoms with Gasteiger partial charge >= 0.3 is 0 Å². The van der Waals surface area contributed by atoms with Gasteiger partial charge in [0.05, 0.1) is 6.61 Å². The van der Waals surface area contributed by atoms with Crippen LogP contribution in [0, 0.1) is 0 Å². The molecule has 0 unspecified atom stereocenters. The summed E-state index contributed by atoms with van der Waals surface area (Å²) >= 11 is 0. The highest BCUT2D eigenvalue weighted by atomic mass is 16.5. The predicted octanol–water partition coefficient (Wildman–Crippen LogP) is 2.52. The molecule has 1 fully saturated rings. The van der Waals surface area contributed by atoms with E-state index < -0.39 is 0 Å². The molecule has 2 heterocycles. The third-order valence-electron chi connectivity index (χ3n) is 4.52. The lowest BCUT2D eigenvalue weighted by Gasteiger charge is -2.34. The number of pyridine rings is 1. The van der Waals surface area contributed by atoms with Crippen LogP contribution in [0.15, 0.2) is 42.6 Å². The standard InChI is InChI=1S/C20H28N4O/c1-3-25-19-8-4-6-17(14-19)15-21-16-18-7-5-9-22-20(18)24-12-10-23(2)11-13-24/h4-9,14,21H,3,10-13,15-16H2,1-2H3. The number of nitrogens with zero attached hydrogens (tertiary/aromatic N) is 3. The maximum atomic E-state index is 5.57. The first kappa shape index (κ1) is 17.7. The number of hydrogen-bond donors (Lipinski definition) is 1. The molecule has 0 radical (unpaired) electrons. The molecule has 5 nitrogen and oxygen atoms in total. The van der Waals surface area contributed by atoms with E-state index in [1.165, 1.54) is 11.1 Å². The SMILES string of the molecule is CCOc1cccc(CNCc2cccnc2N2CCN(C)CC2)c1. The van der Waals surface area contributed by atoms with Crippen LogP contribution in [0.4, 0.5) is 5.82 Å². The summed E-state index contributed by atoms with van der Waals surface area (Å²) < 4.78 is 5.57. The minimum absolute atomic E-state index is 0.695. The second-order valence-corrected chi connectivity index (χ2v) is 6.46. The minimum Gasteiger partial charge on any atom is -0.494 e. The summed E-state index contributed by atoms with van der Waals surface area (Å²) in [6, 6.07) is 12.5. The lowest BCUT2D eigenvalue weighted by atomic mass is 10.2. The highest BCUT2D eigenvalue weighted by molar-refractivity contribution is 5.47. The first-order chi connectivity index (χ1) is 12.3. The van der Waals surface area contributed by atoms with E-state index in [1.807, 2.05) is 31.3 Å². The van der Waals surface area contributed by atoms with E-state index in [9.17, 15) is 0 Å². The molecule has 2 aromatic rings. The van der Waals surface area contributed by atoms with Crippen molar-refractivity contribution in [3.8, 4) is 5.75 Å². The van der Waals surface area contributed by atoms with Crippen LogP contribution < -0.4 is 15.0 Å². The van der Waals surface area contributed by atoms with Gasteiger partial charge in [0, 0.05) is 51.0 Å². The summed E-state index contributed by atoms with van der Waals surface area (Å²) in [5, 5.41) is 3.54. The molecule has 1 aliphatic heterocycles. The zero-order valence-corrected chi connectivity index (χ0v) is 15.2. The fraction of sp³-hybridized carbons (Fsp3) is 0.450. The minimum atomic E-state index is 0.695. The summed E-state index contributed by atoms with van der Waals surface area (Å²) in [6.45, 7) is 8.59. The molecule has 1 aliphatic rings. The molecule has 1 aromatic heterocycles. The molecule has 134 valence electrons. The van der Waals surface area contributed by atoms with Crippen LogP contribution in [0.3, 0.4) is 0 Å². The van der Waals surface area contributed by atoms with E-state index in [4.69, 9.17) is 4.74 Å². The highest BCUT2D eigenvalue weighted by Crippen LogP contribution is 2.19. The topological polar surface area (TPSA) is 40.6 Å². The fourth-order valence-corrected chi connectivity index (χ4v) is 3.12. The smallest absolute Gasteiger partial charge is 0.133 e. The van der Waals surface area contributed by atoms with Gasteiger partial charge in [0.25, 0.3) is 0 Å². The van der Waals surface area contributed by atoms with E-state index in [-0.39, 0.29) is 0 Å². The lowest BCUT2D eigenvalue weighted by molar-refractivity contribution is 0.311. The summed E-state index contributed by atoms with van der Waals surface area (Å²) in [7, 11) is 2.18. The van der Waals surface area contributed by atoms with E-state index >= 15 is 0 Å². The molecule has 1 N–H and O–H groups in total. The zero-order valence-electron chi connectivity index (χ0n) is 15.2. The Bertz CT molecular complexity index is 668. The largest absolute Gasteiger partial charge is 0.494 e. The van der Waals surface area contributed by atoms with Gasteiger partial charge < -0.3 is 19.9 Å². The van der Waals surface area contributed by atoms with Gasteiger partial charge in [-0.3, -0.25) is 0 Å². The number of benzene rings is 1. The van der Waals surface area contributed by atoms with E-state index in [0.29, 0.717) is 6.61 Å². The van der Waals surface area contributed by atoms with Crippen LogP contribution in [-0.4, -0.2) is 49.7 Å². The summed E-state index contributed by atoms with van der Waals surface area (Å²) in [5.74, 6) is 2.05. The lowest BCUT2D eigenvalue weighted by Crippen LogP contribution is -2.45. The summed E-state index contributed by atoms with van der Waals surface area (Å²) in [5.41, 5.74) is 2.49. The van der Waals surface area contributed by atoms with Crippen molar-refractivity contribution in [2.24, 2.45) is 0 Å². The maximum Gasteiger partial charge on any atom is 0.133 e. The average molecular weight is 340 g/mol. The average Bonchev–Trinajstić information content (AvgIpc) is 2.64. The van der Waals surface area contributed by atoms with Crippen molar-refractivity contribution in [3.05, 3.63) is 53.7 Å². The Kier molecular flexibility index (Phi) is 6.25. The molecule has 0 bridgehead atoms. The molecular formula is C20H28N4O. The fourth-order valence-electron chi connectivity index (χ4n) is 3.12. The Morgan fingerprint density at radius 2 is 1.92 bits per heavy atom. The quantitative estimate of drug-likeness (QED) is 0.839. The van der Waals surface area contributed by atoms with Gasteiger partial charge in [0.1, 0.15) is 11.6 Å². The Hall–Kier alpha value is -2.11. The van der Waals surface area contributed by atoms with Crippen molar-refractivity contribution in [3.63, 3.8) is 0 Å². The first-order valence-corrected chi connectivity index (χ1v) is 9.06. The molecule has 0 aliphatic carbocycles. The predicted molar refractivity (Wildman–Crippen MR) is 102 cm³/mol. The number of likely N-dealkylation sites (N-methyl/N-ethyl adjacent to an activating group) is 1. The molecule has 1 saturated heterocycles. The molecule has 0 spiro atoms. The number of hydrogen-bond acceptors (Lipinski definition) is 5. The molecule has 5 heteroatoms. The van der Waals surface area contributed by atoms with Crippen molar-refractivity contribution in [1.29, 1.82) is 0 Å². The molecule has 0 saturated carbocycles. The van der Waals surface area contributed by atoms with Crippen molar-refractivity contribution in [1.82, 2.24) is 15.2 Å². The third-order valence-corrected chi connectivity index (χ3v) is 4.52. The van der Waals surface area contributed by atoms with Crippen LogP contribution in [0.25, 0.3) is 0 Å². The number of rotatable bonds is 7. The van der Waals surface area contributed by atoms with Crippen LogP contribution in [0.1, 0.15) is 18.1 Å². The number of ether oxygens (including phenoxy) is 1. The van der Waals surface area contributed by atoms with E-state index in [0.717, 1.165) is 50.8 Å². The molecular weight excluding hydrogens is 312 g/mol. The first-order valence-electron chi connectivity index (χ1n) is 9.06. The molecule has 0 amide bonds. The van der Waals surface area contributed by atoms with Crippen LogP contribution in [-0.2, 0) is 13.1 Å². The van der Waals surface area contributed by atoms with Gasteiger partial charge in [0.15, 0.2) is 0 Å². The molecule has 25 heavy (non-hydrogen) atoms. The maximum absolute atomic E-state index is 5.57. The van der Waals surface area contributed by atoms with Gasteiger partial charge in [-0.15, -0.1) is 0 Å². The third kappa shape index (κ3) is 4.94. The number of nitrogens with one attached hydrogen (secondary N) is 1. The van der Waals surface area contributed by atoms with Gasteiger partial charge in [-0.2, -0.15) is 0 Å². The van der Waals surface area contributed by atoms with Crippen molar-refractivity contribution in [2.45, 2.75) is 20.0 Å². The van der Waals surface area contributed by atoms with E-state index in [2.05, 4.69) is 45.3 Å². The number of aromatic nitrogens is 1. The van der Waals surface area contributed by atoms with Crippen LogP contribution >= 0.6 is 0 Å². The second-order valence-electron chi connectivity index (χ2n) is 6.46. The zero-order chi connectivity index (χ0) is 17.5. The Morgan fingerprint density at radius 1 is 1.08 bits per heavy atom. The highest BCUT2D eigenvalue weighted by Gasteiger charge is 2.17. The normalized spacial score (nSPS) is 15.4.